The van der Waals surface area contributed by atoms with Crippen LogP contribution in [0.2, 0.25) is 0 Å². The van der Waals surface area contributed by atoms with Gasteiger partial charge in [-0.05, 0) is 18.6 Å². The van der Waals surface area contributed by atoms with Gasteiger partial charge in [0.15, 0.2) is 5.69 Å². The van der Waals surface area contributed by atoms with Gasteiger partial charge in [-0.15, -0.1) is 0 Å². The van der Waals surface area contributed by atoms with Gasteiger partial charge in [0.25, 0.3) is 5.91 Å². The highest BCUT2D eigenvalue weighted by molar-refractivity contribution is 5.94. The monoisotopic (exact) mass is 323 g/mol. The first kappa shape index (κ1) is 17.2. The highest BCUT2D eigenvalue weighted by Gasteiger charge is 2.29. The molecule has 0 radical (unpaired) electrons. The molecule has 126 valence electrons. The van der Waals surface area contributed by atoms with Gasteiger partial charge in [0, 0.05) is 26.9 Å². The minimum atomic E-state index is -0.484. The van der Waals surface area contributed by atoms with E-state index in [1.54, 1.807) is 20.2 Å². The zero-order valence-electron chi connectivity index (χ0n) is 13.2. The van der Waals surface area contributed by atoms with Crippen molar-refractivity contribution in [3.8, 4) is 5.75 Å². The van der Waals surface area contributed by atoms with Gasteiger partial charge >= 0.3 is 0 Å². The Bertz CT molecular complexity index is 564. The lowest BCUT2D eigenvalue weighted by molar-refractivity contribution is -0.140. The quantitative estimate of drug-likeness (QED) is 0.777. The van der Waals surface area contributed by atoms with Crippen molar-refractivity contribution in [1.82, 2.24) is 15.2 Å². The maximum atomic E-state index is 12.2. The summed E-state index contributed by atoms with van der Waals surface area (Å²) in [5, 5.41) is 12.5. The lowest BCUT2D eigenvalue weighted by atomic mass is 10.1. The van der Waals surface area contributed by atoms with Gasteiger partial charge in [0.2, 0.25) is 5.91 Å². The van der Waals surface area contributed by atoms with E-state index in [4.69, 9.17) is 9.47 Å². The lowest BCUT2D eigenvalue weighted by Crippen LogP contribution is -2.50. The van der Waals surface area contributed by atoms with Crippen LogP contribution in [-0.2, 0) is 14.3 Å². The third-order valence-electron chi connectivity index (χ3n) is 3.54. The molecule has 1 aliphatic rings. The number of nitrogens with one attached hydrogen (secondary N) is 1. The van der Waals surface area contributed by atoms with Crippen LogP contribution < -0.4 is 5.32 Å². The molecule has 2 N–H and O–H groups in total. The Labute approximate surface area is 134 Å². The molecule has 2 atom stereocenters. The molecular formula is C15H21N3O5. The van der Waals surface area contributed by atoms with Crippen molar-refractivity contribution < 1.29 is 24.2 Å². The number of carbonyl (C=O) groups excluding carboxylic acids is 2. The topological polar surface area (TPSA) is 101 Å². The SMILES string of the molecule is CN(C)C(=O)CO[C@@H]1COCC[C@H]1NC(=O)c1ncccc1O. The average Bonchev–Trinajstić information content (AvgIpc) is 2.54. The van der Waals surface area contributed by atoms with Crippen molar-refractivity contribution in [2.45, 2.75) is 18.6 Å². The second-order valence-corrected chi connectivity index (χ2v) is 5.45. The molecule has 8 nitrogen and oxygen atoms in total. The number of pyridine rings is 1. The molecular weight excluding hydrogens is 302 g/mol. The number of carbonyl (C=O) groups is 2. The molecule has 0 aromatic carbocycles. The highest BCUT2D eigenvalue weighted by Crippen LogP contribution is 2.16. The molecule has 8 heteroatoms. The van der Waals surface area contributed by atoms with Crippen LogP contribution in [0.15, 0.2) is 18.3 Å². The largest absolute Gasteiger partial charge is 0.505 e. The van der Waals surface area contributed by atoms with Gasteiger partial charge in [0.1, 0.15) is 18.5 Å². The fourth-order valence-corrected chi connectivity index (χ4v) is 2.16. The molecule has 1 aromatic rings. The number of hydrogen-bond acceptors (Lipinski definition) is 6. The van der Waals surface area contributed by atoms with Crippen LogP contribution in [0.3, 0.4) is 0 Å². The highest BCUT2D eigenvalue weighted by atomic mass is 16.5. The summed E-state index contributed by atoms with van der Waals surface area (Å²) in [4.78, 5) is 29.1. The van der Waals surface area contributed by atoms with Gasteiger partial charge < -0.3 is 24.8 Å². The van der Waals surface area contributed by atoms with Crippen LogP contribution in [0.4, 0.5) is 0 Å². The van der Waals surface area contributed by atoms with Crippen molar-refractivity contribution >= 4 is 11.8 Å². The Kier molecular flexibility index (Phi) is 5.89. The fraction of sp³-hybridized carbons (Fsp3) is 0.533. The van der Waals surface area contributed by atoms with E-state index >= 15 is 0 Å². The summed E-state index contributed by atoms with van der Waals surface area (Å²) >= 11 is 0. The number of hydrogen-bond donors (Lipinski definition) is 2. The van der Waals surface area contributed by atoms with Crippen molar-refractivity contribution in [2.24, 2.45) is 0 Å². The van der Waals surface area contributed by atoms with Crippen LogP contribution >= 0.6 is 0 Å². The summed E-state index contributed by atoms with van der Waals surface area (Å²) in [6.45, 7) is 0.697. The van der Waals surface area contributed by atoms with Gasteiger partial charge in [-0.3, -0.25) is 9.59 Å². The number of rotatable bonds is 5. The Morgan fingerprint density at radius 1 is 1.52 bits per heavy atom. The van der Waals surface area contributed by atoms with Crippen molar-refractivity contribution in [2.75, 3.05) is 33.9 Å². The number of likely N-dealkylation sites (N-methyl/N-ethyl adjacent to an activating group) is 1. The zero-order chi connectivity index (χ0) is 16.8. The van der Waals surface area contributed by atoms with Crippen LogP contribution in [0, 0.1) is 0 Å². The van der Waals surface area contributed by atoms with E-state index < -0.39 is 12.0 Å². The fourth-order valence-electron chi connectivity index (χ4n) is 2.16. The van der Waals surface area contributed by atoms with E-state index in [1.807, 2.05) is 0 Å². The molecule has 2 rings (SSSR count). The van der Waals surface area contributed by atoms with Crippen LogP contribution in [0.1, 0.15) is 16.9 Å². The van der Waals surface area contributed by atoms with Crippen molar-refractivity contribution in [3.63, 3.8) is 0 Å². The summed E-state index contributed by atoms with van der Waals surface area (Å²) in [5.74, 6) is -0.831. The number of nitrogens with zero attached hydrogens (tertiary/aromatic N) is 2. The van der Waals surface area contributed by atoms with Crippen LogP contribution in [0.5, 0.6) is 5.75 Å². The summed E-state index contributed by atoms with van der Waals surface area (Å²) in [6, 6.07) is 2.63. The molecule has 1 aliphatic heterocycles. The smallest absolute Gasteiger partial charge is 0.274 e. The second-order valence-electron chi connectivity index (χ2n) is 5.45. The van der Waals surface area contributed by atoms with Crippen LogP contribution in [0.25, 0.3) is 0 Å². The zero-order valence-corrected chi connectivity index (χ0v) is 13.2. The summed E-state index contributed by atoms with van der Waals surface area (Å²) in [7, 11) is 3.29. The molecule has 0 saturated carbocycles. The van der Waals surface area contributed by atoms with E-state index in [9.17, 15) is 14.7 Å². The number of amides is 2. The van der Waals surface area contributed by atoms with E-state index in [0.717, 1.165) is 0 Å². The molecule has 2 amide bonds. The number of aromatic hydroxyl groups is 1. The van der Waals surface area contributed by atoms with E-state index in [1.165, 1.54) is 17.2 Å². The Morgan fingerprint density at radius 3 is 3.00 bits per heavy atom. The predicted octanol–water partition coefficient (Wildman–Crippen LogP) is -0.221. The normalized spacial score (nSPS) is 20.8. The molecule has 0 aliphatic carbocycles. The standard InChI is InChI=1S/C15H21N3O5/c1-18(2)13(20)9-23-12-8-22-7-5-10(12)17-15(21)14-11(19)4-3-6-16-14/h3-4,6,10,12,19H,5,7-9H2,1-2H3,(H,17,21)/t10-,12-/m1/s1. The Balaban J connectivity index is 1.97. The first-order chi connectivity index (χ1) is 11.0. The van der Waals surface area contributed by atoms with E-state index in [-0.39, 0.29) is 30.0 Å². The molecule has 23 heavy (non-hydrogen) atoms. The number of aromatic nitrogens is 1. The van der Waals surface area contributed by atoms with Crippen LogP contribution in [-0.4, -0.2) is 72.9 Å². The number of ether oxygens (including phenoxy) is 2. The third kappa shape index (κ3) is 4.64. The molecule has 0 spiro atoms. The molecule has 2 heterocycles. The van der Waals surface area contributed by atoms with Gasteiger partial charge in [-0.1, -0.05) is 0 Å². The maximum absolute atomic E-state index is 12.2. The van der Waals surface area contributed by atoms with E-state index in [0.29, 0.717) is 19.6 Å². The Morgan fingerprint density at radius 2 is 2.30 bits per heavy atom. The first-order valence-corrected chi connectivity index (χ1v) is 7.33. The molecule has 0 unspecified atom stereocenters. The first-order valence-electron chi connectivity index (χ1n) is 7.33. The molecule has 1 fully saturated rings. The minimum absolute atomic E-state index is 0.0397. The lowest BCUT2D eigenvalue weighted by Gasteiger charge is -2.32. The Hall–Kier alpha value is -2.19. The van der Waals surface area contributed by atoms with Gasteiger partial charge in [-0.25, -0.2) is 4.98 Å². The molecule has 0 bridgehead atoms. The van der Waals surface area contributed by atoms with Gasteiger partial charge in [0.05, 0.1) is 12.6 Å². The average molecular weight is 323 g/mol. The minimum Gasteiger partial charge on any atom is -0.505 e. The predicted molar refractivity (Wildman–Crippen MR) is 81.0 cm³/mol. The summed E-state index contributed by atoms with van der Waals surface area (Å²) in [6.07, 6.45) is 1.56. The molecule has 1 aromatic heterocycles. The third-order valence-corrected chi connectivity index (χ3v) is 3.54. The van der Waals surface area contributed by atoms with Crippen molar-refractivity contribution in [3.05, 3.63) is 24.0 Å². The molecule has 1 saturated heterocycles. The van der Waals surface area contributed by atoms with E-state index in [2.05, 4.69) is 10.3 Å². The summed E-state index contributed by atoms with van der Waals surface area (Å²) in [5.41, 5.74) is -0.0397. The van der Waals surface area contributed by atoms with Gasteiger partial charge in [-0.2, -0.15) is 0 Å². The second kappa shape index (κ2) is 7.89. The maximum Gasteiger partial charge on any atom is 0.274 e. The van der Waals surface area contributed by atoms with Crippen molar-refractivity contribution in [1.29, 1.82) is 0 Å². The summed E-state index contributed by atoms with van der Waals surface area (Å²) < 4.78 is 10.9.